The van der Waals surface area contributed by atoms with Crippen molar-refractivity contribution >= 4 is 34.7 Å². The third kappa shape index (κ3) is 7.99. The molecule has 2 fully saturated rings. The predicted octanol–water partition coefficient (Wildman–Crippen LogP) is 2.69. The highest BCUT2D eigenvalue weighted by Gasteiger charge is 2.49. The quantitative estimate of drug-likeness (QED) is 0.251. The number of aliphatic hydroxyl groups is 1. The molecule has 1 saturated heterocycles. The second-order valence-corrected chi connectivity index (χ2v) is 13.0. The number of ether oxygens (including phenoxy) is 1. The van der Waals surface area contributed by atoms with Crippen LogP contribution in [-0.2, 0) is 20.7 Å². The molecule has 1 aromatic heterocycles. The fraction of sp³-hybridized carbons (Fsp3) is 0.441. The largest absolute Gasteiger partial charge is 0.443 e. The number of amides is 4. The molecule has 2 aromatic carbocycles. The van der Waals surface area contributed by atoms with Crippen molar-refractivity contribution in [2.45, 2.75) is 88.7 Å². The fourth-order valence-corrected chi connectivity index (χ4v) is 6.20. The van der Waals surface area contributed by atoms with Crippen molar-refractivity contribution in [1.29, 1.82) is 0 Å². The van der Waals surface area contributed by atoms with Gasteiger partial charge in [-0.05, 0) is 64.2 Å². The molecule has 5 atom stereocenters. The van der Waals surface area contributed by atoms with Crippen LogP contribution >= 0.6 is 0 Å². The van der Waals surface area contributed by atoms with Crippen molar-refractivity contribution in [2.75, 3.05) is 6.54 Å². The Kier molecular flexibility index (Phi) is 9.88. The van der Waals surface area contributed by atoms with Crippen LogP contribution in [0.4, 0.5) is 4.79 Å². The van der Waals surface area contributed by atoms with Crippen molar-refractivity contribution in [3.63, 3.8) is 0 Å². The summed E-state index contributed by atoms with van der Waals surface area (Å²) in [6.45, 7) is 5.48. The minimum absolute atomic E-state index is 0.0203. The maximum absolute atomic E-state index is 13.7. The number of aliphatic hydroxyl groups excluding tert-OH is 1. The molecule has 0 radical (unpaired) electrons. The summed E-state index contributed by atoms with van der Waals surface area (Å²) in [5, 5.41) is 21.4. The molecular formula is C34H42N6O6. The topological polar surface area (TPSA) is 167 Å². The summed E-state index contributed by atoms with van der Waals surface area (Å²) < 4.78 is 5.68. The van der Waals surface area contributed by atoms with E-state index in [1.165, 1.54) is 0 Å². The number of rotatable bonds is 11. The Balaban J connectivity index is 1.34. The lowest BCUT2D eigenvalue weighted by Gasteiger charge is -2.40. The predicted molar refractivity (Wildman–Crippen MR) is 171 cm³/mol. The number of carbonyl (C=O) groups is 4. The number of β-amino-alcohol motifs (C(OH)–C–C–N with tert-alkyl or cyclic N) is 1. The summed E-state index contributed by atoms with van der Waals surface area (Å²) in [6, 6.07) is 17.8. The summed E-state index contributed by atoms with van der Waals surface area (Å²) in [5.74, 6) is -2.11. The van der Waals surface area contributed by atoms with Crippen LogP contribution in [0, 0.1) is 0 Å². The average Bonchev–Trinajstić information content (AvgIpc) is 3.61. The first-order valence-corrected chi connectivity index (χ1v) is 15.6. The second kappa shape index (κ2) is 13.8. The van der Waals surface area contributed by atoms with Crippen molar-refractivity contribution in [3.05, 3.63) is 78.0 Å². The van der Waals surface area contributed by atoms with E-state index in [0.717, 1.165) is 30.2 Å². The van der Waals surface area contributed by atoms with Gasteiger partial charge in [-0.2, -0.15) is 0 Å². The molecule has 3 aromatic rings. The Bertz CT molecular complexity index is 1580. The van der Waals surface area contributed by atoms with Crippen molar-refractivity contribution in [1.82, 2.24) is 25.6 Å². The molecule has 12 nitrogen and oxygen atoms in total. The lowest BCUT2D eigenvalue weighted by Crippen LogP contribution is -2.59. The average molecular weight is 631 g/mol. The zero-order chi connectivity index (χ0) is 33.0. The number of nitrogens with one attached hydrogen (secondary N) is 2. The van der Waals surface area contributed by atoms with Crippen LogP contribution in [-0.4, -0.2) is 86.3 Å². The molecule has 2 heterocycles. The molecular weight excluding hydrogens is 588 g/mol. The van der Waals surface area contributed by atoms with Crippen LogP contribution in [0.1, 0.15) is 62.5 Å². The molecule has 12 heteroatoms. The number of nitrogens with zero attached hydrogens (tertiary/aromatic N) is 3. The molecule has 2 bridgehead atoms. The van der Waals surface area contributed by atoms with E-state index in [9.17, 15) is 24.3 Å². The van der Waals surface area contributed by atoms with Gasteiger partial charge in [-0.1, -0.05) is 54.6 Å². The van der Waals surface area contributed by atoms with Gasteiger partial charge in [0.2, 0.25) is 11.8 Å². The number of primary amides is 1. The molecule has 1 aliphatic heterocycles. The van der Waals surface area contributed by atoms with E-state index in [1.54, 1.807) is 50.0 Å². The Morgan fingerprint density at radius 3 is 2.39 bits per heavy atom. The SMILES string of the molecule is CC(C)(C)OC(=O)N1C2CCC(C2)N1CC(O)C(Cc1ccccc1)NC(=O)[C@H](CC(N)=O)NC(=O)c1ccc2ccccc2n1. The standard InChI is InChI=1S/C34H42N6O6/c1-34(2,3)46-33(45)40-24-15-14-23(18-24)39(40)20-29(41)27(17-21-9-5-4-6-10-21)37-32(44)28(19-30(35)42)38-31(43)26-16-13-22-11-7-8-12-25(22)36-26/h4-13,16,23-24,27-29,41H,14-15,17-20H2,1-3H3,(H2,35,42)(H,37,44)(H,38,43)/t23?,24?,27?,28-,29?/m0/s1. The fourth-order valence-electron chi connectivity index (χ4n) is 6.20. The Hall–Kier alpha value is -4.55. The molecule has 0 spiro atoms. The lowest BCUT2D eigenvalue weighted by atomic mass is 9.99. The monoisotopic (exact) mass is 630 g/mol. The number of carbonyl (C=O) groups excluding carboxylic acids is 4. The summed E-state index contributed by atoms with van der Waals surface area (Å²) in [4.78, 5) is 56.4. The third-order valence-corrected chi connectivity index (χ3v) is 8.32. The Morgan fingerprint density at radius 1 is 0.978 bits per heavy atom. The molecule has 4 unspecified atom stereocenters. The van der Waals surface area contributed by atoms with Gasteiger partial charge in [-0.25, -0.2) is 19.8 Å². The van der Waals surface area contributed by atoms with E-state index in [4.69, 9.17) is 10.5 Å². The highest BCUT2D eigenvalue weighted by atomic mass is 16.6. The normalized spacial score (nSPS) is 19.8. The van der Waals surface area contributed by atoms with Crippen LogP contribution in [0.3, 0.4) is 0 Å². The molecule has 5 rings (SSSR count). The minimum Gasteiger partial charge on any atom is -0.443 e. The molecule has 1 saturated carbocycles. The highest BCUT2D eigenvalue weighted by Crippen LogP contribution is 2.38. The van der Waals surface area contributed by atoms with E-state index in [2.05, 4.69) is 15.6 Å². The summed E-state index contributed by atoms with van der Waals surface area (Å²) >= 11 is 0. The number of hydrogen-bond acceptors (Lipinski definition) is 8. The van der Waals surface area contributed by atoms with Gasteiger partial charge in [0.25, 0.3) is 5.91 Å². The number of pyridine rings is 1. The molecule has 1 aliphatic carbocycles. The van der Waals surface area contributed by atoms with E-state index in [1.807, 2.05) is 47.5 Å². The molecule has 244 valence electrons. The van der Waals surface area contributed by atoms with Crippen molar-refractivity contribution in [3.8, 4) is 0 Å². The van der Waals surface area contributed by atoms with Gasteiger partial charge in [0.15, 0.2) is 0 Å². The first kappa shape index (κ1) is 32.8. The third-order valence-electron chi connectivity index (χ3n) is 8.32. The van der Waals surface area contributed by atoms with Gasteiger partial charge in [0.05, 0.1) is 30.1 Å². The van der Waals surface area contributed by atoms with E-state index in [-0.39, 0.29) is 30.7 Å². The summed E-state index contributed by atoms with van der Waals surface area (Å²) in [5.41, 5.74) is 6.33. The Labute approximate surface area is 268 Å². The number of para-hydroxylation sites is 1. The summed E-state index contributed by atoms with van der Waals surface area (Å²) in [6.07, 6.45) is 0.704. The number of hydrogen-bond donors (Lipinski definition) is 4. The zero-order valence-corrected chi connectivity index (χ0v) is 26.4. The van der Waals surface area contributed by atoms with E-state index >= 15 is 0 Å². The zero-order valence-electron chi connectivity index (χ0n) is 26.4. The number of fused-ring (bicyclic) bond motifs is 3. The van der Waals surface area contributed by atoms with Crippen molar-refractivity contribution in [2.24, 2.45) is 5.73 Å². The number of benzene rings is 2. The van der Waals surface area contributed by atoms with Gasteiger partial charge in [0.1, 0.15) is 17.3 Å². The smallest absolute Gasteiger partial charge is 0.425 e. The lowest BCUT2D eigenvalue weighted by molar-refractivity contribution is -0.128. The maximum atomic E-state index is 13.7. The molecule has 4 amide bonds. The minimum atomic E-state index is -1.31. The van der Waals surface area contributed by atoms with Crippen LogP contribution < -0.4 is 16.4 Å². The number of hydrazine groups is 1. The van der Waals surface area contributed by atoms with Gasteiger partial charge < -0.3 is 26.2 Å². The molecule has 5 N–H and O–H groups in total. The number of aromatic nitrogens is 1. The van der Waals surface area contributed by atoms with Crippen LogP contribution in [0.25, 0.3) is 10.9 Å². The van der Waals surface area contributed by atoms with E-state index < -0.39 is 54.0 Å². The molecule has 46 heavy (non-hydrogen) atoms. The Morgan fingerprint density at radius 2 is 1.67 bits per heavy atom. The first-order valence-electron chi connectivity index (χ1n) is 15.6. The number of nitrogens with two attached hydrogens (primary N) is 1. The first-order chi connectivity index (χ1) is 21.9. The summed E-state index contributed by atoms with van der Waals surface area (Å²) in [7, 11) is 0. The van der Waals surface area contributed by atoms with Crippen molar-refractivity contribution < 1.29 is 29.0 Å². The van der Waals surface area contributed by atoms with Gasteiger partial charge in [-0.3, -0.25) is 14.4 Å². The van der Waals surface area contributed by atoms with Crippen LogP contribution in [0.15, 0.2) is 66.7 Å². The van der Waals surface area contributed by atoms with Crippen LogP contribution in [0.2, 0.25) is 0 Å². The molecule has 2 aliphatic rings. The second-order valence-electron chi connectivity index (χ2n) is 13.0. The highest BCUT2D eigenvalue weighted by molar-refractivity contribution is 5.99. The van der Waals surface area contributed by atoms with Crippen LogP contribution in [0.5, 0.6) is 0 Å². The van der Waals surface area contributed by atoms with Gasteiger partial charge in [0, 0.05) is 18.0 Å². The van der Waals surface area contributed by atoms with Gasteiger partial charge >= 0.3 is 6.09 Å². The maximum Gasteiger partial charge on any atom is 0.425 e. The van der Waals surface area contributed by atoms with E-state index in [0.29, 0.717) is 5.52 Å². The van der Waals surface area contributed by atoms with Gasteiger partial charge in [-0.15, -0.1) is 0 Å².